The largest absolute Gasteiger partial charge is 0.494 e. The van der Waals surface area contributed by atoms with Crippen molar-refractivity contribution in [1.82, 2.24) is 5.32 Å². The minimum Gasteiger partial charge on any atom is -0.494 e. The zero-order valence-electron chi connectivity index (χ0n) is 13.9. The Kier molecular flexibility index (Phi) is 7.86. The predicted molar refractivity (Wildman–Crippen MR) is 89.7 cm³/mol. The van der Waals surface area contributed by atoms with Crippen LogP contribution in [0.25, 0.3) is 6.08 Å². The third-order valence-electron chi connectivity index (χ3n) is 3.43. The second-order valence-electron chi connectivity index (χ2n) is 5.51. The Morgan fingerprint density at radius 2 is 2.04 bits per heavy atom. The van der Waals surface area contributed by atoms with Crippen molar-refractivity contribution in [3.05, 3.63) is 35.4 Å². The Bertz CT molecular complexity index is 571. The Morgan fingerprint density at radius 1 is 1.39 bits per heavy atom. The van der Waals surface area contributed by atoms with Gasteiger partial charge in [-0.3, -0.25) is 4.79 Å². The molecule has 2 N–H and O–H groups in total. The topological polar surface area (TPSA) is 82.3 Å². The Balaban J connectivity index is 2.85. The van der Waals surface area contributed by atoms with Gasteiger partial charge in [-0.15, -0.1) is 0 Å². The van der Waals surface area contributed by atoms with Crippen LogP contribution in [-0.2, 0) is 4.79 Å². The molecular formula is C18H24N2O3. The first-order valence-corrected chi connectivity index (χ1v) is 7.78. The first kappa shape index (κ1) is 18.7. The number of carbonyl (C=O) groups is 1. The van der Waals surface area contributed by atoms with Crippen molar-refractivity contribution in [3.63, 3.8) is 0 Å². The normalized spacial score (nSPS) is 12.6. The first-order valence-electron chi connectivity index (χ1n) is 7.78. The molecule has 0 fully saturated rings. The molecule has 0 bridgehead atoms. The molecule has 0 aliphatic heterocycles. The number of aliphatic hydroxyl groups is 1. The maximum atomic E-state index is 12.2. The summed E-state index contributed by atoms with van der Waals surface area (Å²) in [4.78, 5) is 12.2. The zero-order chi connectivity index (χ0) is 17.2. The third kappa shape index (κ3) is 6.13. The Hall–Kier alpha value is -2.32. The third-order valence-corrected chi connectivity index (χ3v) is 3.43. The number of hydrogen-bond acceptors (Lipinski definition) is 4. The molecule has 0 aromatic heterocycles. The molecule has 0 saturated carbocycles. The van der Waals surface area contributed by atoms with Gasteiger partial charge in [0.2, 0.25) is 0 Å². The number of hydrogen-bond donors (Lipinski definition) is 2. The van der Waals surface area contributed by atoms with Crippen LogP contribution in [0.15, 0.2) is 29.8 Å². The monoisotopic (exact) mass is 316 g/mol. The van der Waals surface area contributed by atoms with E-state index >= 15 is 0 Å². The van der Waals surface area contributed by atoms with E-state index < -0.39 is 5.91 Å². The summed E-state index contributed by atoms with van der Waals surface area (Å²) < 4.78 is 5.36. The quantitative estimate of drug-likeness (QED) is 0.570. The van der Waals surface area contributed by atoms with Crippen molar-refractivity contribution < 1.29 is 14.6 Å². The van der Waals surface area contributed by atoms with Crippen molar-refractivity contribution in [2.75, 3.05) is 13.2 Å². The van der Waals surface area contributed by atoms with E-state index in [2.05, 4.69) is 5.32 Å². The van der Waals surface area contributed by atoms with Crippen LogP contribution >= 0.6 is 0 Å². The molecule has 1 rings (SSSR count). The van der Waals surface area contributed by atoms with Crippen LogP contribution in [0.1, 0.15) is 32.8 Å². The van der Waals surface area contributed by atoms with Crippen LogP contribution < -0.4 is 10.1 Å². The summed E-state index contributed by atoms with van der Waals surface area (Å²) in [6.45, 7) is 6.41. The highest BCUT2D eigenvalue weighted by atomic mass is 16.5. The minimum atomic E-state index is -0.423. The van der Waals surface area contributed by atoms with Gasteiger partial charge < -0.3 is 15.2 Å². The number of aliphatic hydroxyl groups excluding tert-OH is 1. The van der Waals surface area contributed by atoms with Crippen LogP contribution in [-0.4, -0.2) is 30.3 Å². The van der Waals surface area contributed by atoms with E-state index in [0.717, 1.165) is 11.3 Å². The van der Waals surface area contributed by atoms with Gasteiger partial charge >= 0.3 is 0 Å². The molecule has 23 heavy (non-hydrogen) atoms. The highest BCUT2D eigenvalue weighted by molar-refractivity contribution is 6.01. The van der Waals surface area contributed by atoms with E-state index in [4.69, 9.17) is 9.84 Å². The van der Waals surface area contributed by atoms with Crippen LogP contribution in [0, 0.1) is 17.2 Å². The zero-order valence-corrected chi connectivity index (χ0v) is 13.9. The molecule has 0 spiro atoms. The summed E-state index contributed by atoms with van der Waals surface area (Å²) in [6.07, 6.45) is 2.01. The lowest BCUT2D eigenvalue weighted by Crippen LogP contribution is -2.39. The molecule has 1 aromatic carbocycles. The number of carbonyl (C=O) groups excluding carboxylic acids is 1. The van der Waals surface area contributed by atoms with Gasteiger partial charge in [0.25, 0.3) is 5.91 Å². The predicted octanol–water partition coefficient (Wildman–Crippen LogP) is 2.52. The maximum Gasteiger partial charge on any atom is 0.262 e. The van der Waals surface area contributed by atoms with Gasteiger partial charge in [0.15, 0.2) is 0 Å². The fourth-order valence-electron chi connectivity index (χ4n) is 2.10. The van der Waals surface area contributed by atoms with Gasteiger partial charge in [-0.25, -0.2) is 0 Å². The lowest BCUT2D eigenvalue weighted by molar-refractivity contribution is -0.118. The average Bonchev–Trinajstić information content (AvgIpc) is 2.53. The number of ether oxygens (including phenoxy) is 1. The Morgan fingerprint density at radius 3 is 2.52 bits per heavy atom. The number of benzene rings is 1. The molecular weight excluding hydrogens is 292 g/mol. The van der Waals surface area contributed by atoms with E-state index in [-0.39, 0.29) is 24.1 Å². The smallest absolute Gasteiger partial charge is 0.262 e. The van der Waals surface area contributed by atoms with Gasteiger partial charge in [0, 0.05) is 12.6 Å². The molecule has 5 heteroatoms. The fourth-order valence-corrected chi connectivity index (χ4v) is 2.10. The molecule has 124 valence electrons. The number of nitrogens with zero attached hydrogens (tertiary/aromatic N) is 1. The molecule has 0 aliphatic rings. The lowest BCUT2D eigenvalue weighted by atomic mass is 10.0. The van der Waals surface area contributed by atoms with Crippen LogP contribution in [0.4, 0.5) is 0 Å². The average molecular weight is 316 g/mol. The van der Waals surface area contributed by atoms with Crippen molar-refractivity contribution in [2.45, 2.75) is 33.2 Å². The van der Waals surface area contributed by atoms with Crippen LogP contribution in [0.3, 0.4) is 0 Å². The van der Waals surface area contributed by atoms with Gasteiger partial charge in [0.05, 0.1) is 6.61 Å². The number of nitrogens with one attached hydrogen (secondary N) is 1. The maximum absolute atomic E-state index is 12.2. The fraction of sp³-hybridized carbons (Fsp3) is 0.444. The number of rotatable bonds is 8. The van der Waals surface area contributed by atoms with Gasteiger partial charge in [-0.1, -0.05) is 26.0 Å². The number of nitriles is 1. The summed E-state index contributed by atoms with van der Waals surface area (Å²) in [6, 6.07) is 8.95. The van der Waals surface area contributed by atoms with Gasteiger partial charge in [0.1, 0.15) is 17.4 Å². The number of amides is 1. The van der Waals surface area contributed by atoms with Crippen molar-refractivity contribution >= 4 is 12.0 Å². The highest BCUT2D eigenvalue weighted by Gasteiger charge is 2.18. The molecule has 1 aromatic rings. The molecule has 0 heterocycles. The van der Waals surface area contributed by atoms with E-state index in [9.17, 15) is 10.1 Å². The molecule has 1 unspecified atom stereocenters. The van der Waals surface area contributed by atoms with Crippen molar-refractivity contribution in [3.8, 4) is 11.8 Å². The summed E-state index contributed by atoms with van der Waals surface area (Å²) in [5.41, 5.74) is 0.793. The second-order valence-corrected chi connectivity index (χ2v) is 5.51. The molecule has 1 amide bonds. The van der Waals surface area contributed by atoms with E-state index in [1.165, 1.54) is 0 Å². The molecule has 0 aliphatic carbocycles. The second kappa shape index (κ2) is 9.65. The van der Waals surface area contributed by atoms with Crippen LogP contribution in [0.5, 0.6) is 5.75 Å². The molecule has 0 radical (unpaired) electrons. The summed E-state index contributed by atoms with van der Waals surface area (Å²) in [7, 11) is 0. The minimum absolute atomic E-state index is 0.00633. The highest BCUT2D eigenvalue weighted by Crippen LogP contribution is 2.15. The molecule has 0 saturated heterocycles. The van der Waals surface area contributed by atoms with Gasteiger partial charge in [-0.05, 0) is 43.0 Å². The SMILES string of the molecule is CCOc1ccc(/C=C(/C#N)C(=O)NC(CCO)C(C)C)cc1. The van der Waals surface area contributed by atoms with E-state index in [1.807, 2.05) is 26.8 Å². The van der Waals surface area contributed by atoms with Crippen molar-refractivity contribution in [1.29, 1.82) is 5.26 Å². The standard InChI is InChI=1S/C18H24N2O3/c1-4-23-16-7-5-14(6-8-16)11-15(12-19)18(22)20-17(9-10-21)13(2)3/h5-8,11,13,17,21H,4,9-10H2,1-3H3,(H,20,22)/b15-11-. The summed E-state index contributed by atoms with van der Waals surface area (Å²) in [5, 5.41) is 21.1. The Labute approximate surface area is 137 Å². The summed E-state index contributed by atoms with van der Waals surface area (Å²) in [5.74, 6) is 0.500. The first-order chi connectivity index (χ1) is 11.0. The summed E-state index contributed by atoms with van der Waals surface area (Å²) >= 11 is 0. The van der Waals surface area contributed by atoms with E-state index in [0.29, 0.717) is 13.0 Å². The van der Waals surface area contributed by atoms with E-state index in [1.54, 1.807) is 30.3 Å². The molecule has 5 nitrogen and oxygen atoms in total. The van der Waals surface area contributed by atoms with Crippen LogP contribution in [0.2, 0.25) is 0 Å². The van der Waals surface area contributed by atoms with Crippen molar-refractivity contribution in [2.24, 2.45) is 5.92 Å². The van der Waals surface area contributed by atoms with Gasteiger partial charge in [-0.2, -0.15) is 5.26 Å². The lowest BCUT2D eigenvalue weighted by Gasteiger charge is -2.21. The molecule has 1 atom stereocenters.